The van der Waals surface area contributed by atoms with Crippen molar-refractivity contribution >= 4 is 0 Å². The second-order valence-corrected chi connectivity index (χ2v) is 4.95. The lowest BCUT2D eigenvalue weighted by Crippen LogP contribution is -2.25. The van der Waals surface area contributed by atoms with Gasteiger partial charge in [-0.2, -0.15) is 0 Å². The van der Waals surface area contributed by atoms with E-state index in [0.29, 0.717) is 5.92 Å². The number of hydrogen-bond acceptors (Lipinski definition) is 3. The highest BCUT2D eigenvalue weighted by atomic mass is 19.3. The predicted molar refractivity (Wildman–Crippen MR) is 63.6 cm³/mol. The van der Waals surface area contributed by atoms with Crippen LogP contribution in [-0.4, -0.2) is 6.29 Å². The summed E-state index contributed by atoms with van der Waals surface area (Å²) in [5.41, 5.74) is 6.81. The molecule has 1 atom stereocenters. The molecule has 1 aliphatic rings. The van der Waals surface area contributed by atoms with Crippen LogP contribution >= 0.6 is 0 Å². The highest BCUT2D eigenvalue weighted by Crippen LogP contribution is 2.42. The average molecular weight is 257 g/mol. The van der Waals surface area contributed by atoms with E-state index in [1.165, 1.54) is 12.1 Å². The normalized spacial score (nSPS) is 18.1. The summed E-state index contributed by atoms with van der Waals surface area (Å²) in [6.45, 7) is 4.24. The molecule has 0 amide bonds. The van der Waals surface area contributed by atoms with Crippen LogP contribution in [0.5, 0.6) is 11.5 Å². The zero-order valence-corrected chi connectivity index (χ0v) is 10.5. The number of ether oxygens (including phenoxy) is 2. The highest BCUT2D eigenvalue weighted by Gasteiger charge is 2.43. The van der Waals surface area contributed by atoms with Crippen molar-refractivity contribution in [3.63, 3.8) is 0 Å². The largest absolute Gasteiger partial charge is 0.586 e. The quantitative estimate of drug-likeness (QED) is 0.898. The maximum Gasteiger partial charge on any atom is 0.586 e. The Labute approximate surface area is 105 Å². The lowest BCUT2D eigenvalue weighted by atomic mass is 9.98. The molecule has 0 fully saturated rings. The smallest absolute Gasteiger partial charge is 0.395 e. The maximum atomic E-state index is 12.8. The molecule has 0 unspecified atom stereocenters. The van der Waals surface area contributed by atoms with E-state index in [0.717, 1.165) is 18.4 Å². The molecule has 2 N–H and O–H groups in total. The number of hydrogen-bond donors (Lipinski definition) is 1. The second-order valence-electron chi connectivity index (χ2n) is 4.95. The van der Waals surface area contributed by atoms with Crippen LogP contribution in [0.3, 0.4) is 0 Å². The molecule has 0 saturated heterocycles. The van der Waals surface area contributed by atoms with Crippen molar-refractivity contribution in [2.75, 3.05) is 0 Å². The first-order chi connectivity index (χ1) is 8.37. The van der Waals surface area contributed by atoms with Gasteiger partial charge in [0.25, 0.3) is 0 Å². The molecule has 1 heterocycles. The summed E-state index contributed by atoms with van der Waals surface area (Å²) in [7, 11) is 0. The van der Waals surface area contributed by atoms with Crippen LogP contribution in [0.4, 0.5) is 8.78 Å². The van der Waals surface area contributed by atoms with E-state index in [4.69, 9.17) is 5.73 Å². The van der Waals surface area contributed by atoms with Gasteiger partial charge < -0.3 is 15.2 Å². The molecular formula is C13H17F2NO2. The van der Waals surface area contributed by atoms with Gasteiger partial charge in [0, 0.05) is 6.04 Å². The predicted octanol–water partition coefficient (Wildman–Crippen LogP) is 3.44. The van der Waals surface area contributed by atoms with Crippen molar-refractivity contribution in [3.05, 3.63) is 23.8 Å². The molecule has 5 heteroatoms. The summed E-state index contributed by atoms with van der Waals surface area (Å²) >= 11 is 0. The van der Waals surface area contributed by atoms with E-state index in [-0.39, 0.29) is 17.5 Å². The third-order valence-electron chi connectivity index (χ3n) is 2.91. The Morgan fingerprint density at radius 3 is 2.50 bits per heavy atom. The number of rotatable bonds is 4. The summed E-state index contributed by atoms with van der Waals surface area (Å²) in [4.78, 5) is 0. The molecule has 0 aromatic heterocycles. The van der Waals surface area contributed by atoms with Crippen LogP contribution < -0.4 is 15.2 Å². The van der Waals surface area contributed by atoms with Crippen molar-refractivity contribution in [1.82, 2.24) is 0 Å². The van der Waals surface area contributed by atoms with E-state index < -0.39 is 6.29 Å². The highest BCUT2D eigenvalue weighted by molar-refractivity contribution is 5.45. The second kappa shape index (κ2) is 4.72. The van der Waals surface area contributed by atoms with Crippen LogP contribution in [-0.2, 0) is 0 Å². The SMILES string of the molecule is CC(C)CC[C@H](N)c1ccc2c(c1)OC(F)(F)O2. The summed E-state index contributed by atoms with van der Waals surface area (Å²) in [6.07, 6.45) is -1.76. The van der Waals surface area contributed by atoms with Crippen molar-refractivity contribution < 1.29 is 18.3 Å². The van der Waals surface area contributed by atoms with Gasteiger partial charge in [-0.15, -0.1) is 8.78 Å². The minimum absolute atomic E-state index is 0.0532. The fraction of sp³-hybridized carbons (Fsp3) is 0.538. The van der Waals surface area contributed by atoms with Gasteiger partial charge in [-0.25, -0.2) is 0 Å². The molecule has 0 spiro atoms. The van der Waals surface area contributed by atoms with Gasteiger partial charge >= 0.3 is 6.29 Å². The number of nitrogens with two attached hydrogens (primary N) is 1. The molecule has 1 aromatic rings. The van der Waals surface area contributed by atoms with Gasteiger partial charge in [-0.3, -0.25) is 0 Å². The fourth-order valence-electron chi connectivity index (χ4n) is 1.88. The van der Waals surface area contributed by atoms with Crippen molar-refractivity contribution in [3.8, 4) is 11.5 Å². The molecule has 0 radical (unpaired) electrons. The Morgan fingerprint density at radius 1 is 1.17 bits per heavy atom. The third-order valence-corrected chi connectivity index (χ3v) is 2.91. The molecule has 1 aromatic carbocycles. The maximum absolute atomic E-state index is 12.8. The Morgan fingerprint density at radius 2 is 1.83 bits per heavy atom. The first-order valence-corrected chi connectivity index (χ1v) is 6.03. The first kappa shape index (κ1) is 13.1. The third kappa shape index (κ3) is 2.90. The average Bonchev–Trinajstić information content (AvgIpc) is 2.58. The van der Waals surface area contributed by atoms with Gasteiger partial charge in [0.05, 0.1) is 0 Å². The van der Waals surface area contributed by atoms with E-state index in [9.17, 15) is 8.78 Å². The van der Waals surface area contributed by atoms with E-state index in [1.54, 1.807) is 6.07 Å². The Kier molecular flexibility index (Phi) is 3.43. The molecule has 18 heavy (non-hydrogen) atoms. The number of fused-ring (bicyclic) bond motifs is 1. The van der Waals surface area contributed by atoms with E-state index in [1.807, 2.05) is 0 Å². The summed E-state index contributed by atoms with van der Waals surface area (Å²) in [5.74, 6) is 0.673. The molecule has 2 rings (SSSR count). The molecule has 100 valence electrons. The van der Waals surface area contributed by atoms with Crippen LogP contribution in [0.25, 0.3) is 0 Å². The molecule has 3 nitrogen and oxygen atoms in total. The Bertz CT molecular complexity index is 435. The monoisotopic (exact) mass is 257 g/mol. The number of halogens is 2. The van der Waals surface area contributed by atoms with Crippen molar-refractivity contribution in [2.45, 2.75) is 39.0 Å². The number of benzene rings is 1. The van der Waals surface area contributed by atoms with Crippen LogP contribution in [0, 0.1) is 5.92 Å². The summed E-state index contributed by atoms with van der Waals surface area (Å²) < 4.78 is 34.4. The molecule has 0 saturated carbocycles. The Balaban J connectivity index is 2.08. The summed E-state index contributed by atoms with van der Waals surface area (Å²) in [5, 5.41) is 0. The summed E-state index contributed by atoms with van der Waals surface area (Å²) in [6, 6.07) is 4.53. The Hall–Kier alpha value is -1.36. The van der Waals surface area contributed by atoms with Gasteiger partial charge in [0.1, 0.15) is 0 Å². The van der Waals surface area contributed by atoms with E-state index >= 15 is 0 Å². The molecule has 0 bridgehead atoms. The van der Waals surface area contributed by atoms with Gasteiger partial charge in [0.15, 0.2) is 11.5 Å². The van der Waals surface area contributed by atoms with Crippen LogP contribution in [0.15, 0.2) is 18.2 Å². The molecular weight excluding hydrogens is 240 g/mol. The topological polar surface area (TPSA) is 44.5 Å². The van der Waals surface area contributed by atoms with Crippen LogP contribution in [0.1, 0.15) is 38.3 Å². The lowest BCUT2D eigenvalue weighted by molar-refractivity contribution is -0.286. The van der Waals surface area contributed by atoms with Crippen molar-refractivity contribution in [1.29, 1.82) is 0 Å². The van der Waals surface area contributed by atoms with Gasteiger partial charge in [-0.05, 0) is 36.5 Å². The zero-order chi connectivity index (χ0) is 13.3. The number of alkyl halides is 2. The standard InChI is InChI=1S/C13H17F2NO2/c1-8(2)3-5-10(16)9-4-6-11-12(7-9)18-13(14,15)17-11/h4,6-8,10H,3,5,16H2,1-2H3/t10-/m0/s1. The first-order valence-electron chi connectivity index (χ1n) is 6.03. The lowest BCUT2D eigenvalue weighted by Gasteiger charge is -2.13. The molecule has 0 aliphatic carbocycles. The minimum Gasteiger partial charge on any atom is -0.395 e. The van der Waals surface area contributed by atoms with Crippen LogP contribution in [0.2, 0.25) is 0 Å². The molecule has 1 aliphatic heterocycles. The zero-order valence-electron chi connectivity index (χ0n) is 10.5. The minimum atomic E-state index is -3.57. The fourth-order valence-corrected chi connectivity index (χ4v) is 1.88. The van der Waals surface area contributed by atoms with Gasteiger partial charge in [-0.1, -0.05) is 19.9 Å². The van der Waals surface area contributed by atoms with E-state index in [2.05, 4.69) is 23.3 Å². The van der Waals surface area contributed by atoms with Gasteiger partial charge in [0.2, 0.25) is 0 Å². The van der Waals surface area contributed by atoms with Crippen molar-refractivity contribution in [2.24, 2.45) is 11.7 Å².